The van der Waals surface area contributed by atoms with E-state index in [-0.39, 0.29) is 5.78 Å². The Morgan fingerprint density at radius 3 is 1.41 bits per heavy atom. The van der Waals surface area contributed by atoms with Crippen LogP contribution in [0.3, 0.4) is 0 Å². The molecule has 1 aromatic carbocycles. The van der Waals surface area contributed by atoms with Crippen molar-refractivity contribution < 1.29 is 14.4 Å². The lowest BCUT2D eigenvalue weighted by Gasteiger charge is -2.09. The summed E-state index contributed by atoms with van der Waals surface area (Å²) in [6, 6.07) is 8.50. The van der Waals surface area contributed by atoms with Gasteiger partial charge in [-0.25, -0.2) is 0 Å². The molecule has 0 amide bonds. The second-order valence-corrected chi connectivity index (χ2v) is 5.92. The van der Waals surface area contributed by atoms with Crippen LogP contribution < -0.4 is 0 Å². The van der Waals surface area contributed by atoms with E-state index >= 15 is 0 Å². The molecule has 22 heavy (non-hydrogen) atoms. The number of rotatable bonds is 0. The zero-order chi connectivity index (χ0) is 15.5. The number of aryl methyl sites for hydroxylation is 2. The van der Waals surface area contributed by atoms with Crippen LogP contribution in [-0.4, -0.2) is 17.3 Å². The summed E-state index contributed by atoms with van der Waals surface area (Å²) in [5, 5.41) is 0. The van der Waals surface area contributed by atoms with Crippen molar-refractivity contribution in [3.8, 4) is 0 Å². The van der Waals surface area contributed by atoms with Crippen LogP contribution in [0.2, 0.25) is 0 Å². The molecule has 3 aliphatic carbocycles. The highest BCUT2D eigenvalue weighted by molar-refractivity contribution is 6.50. The Kier molecular flexibility index (Phi) is 4.14. The number of carbonyl (C=O) groups is 3. The molecule has 0 saturated heterocycles. The third kappa shape index (κ3) is 3.14. The lowest BCUT2D eigenvalue weighted by molar-refractivity contribution is -0.132. The summed E-state index contributed by atoms with van der Waals surface area (Å²) in [6.45, 7) is 0. The van der Waals surface area contributed by atoms with Gasteiger partial charge in [0.1, 0.15) is 0 Å². The summed E-state index contributed by atoms with van der Waals surface area (Å²) in [5.74, 6) is -1.23. The molecule has 3 heteroatoms. The van der Waals surface area contributed by atoms with Crippen molar-refractivity contribution >= 4 is 17.3 Å². The first-order valence-electron chi connectivity index (χ1n) is 7.75. The number of allylic oxidation sites excluding steroid dienone is 4. The number of benzene rings is 1. The second-order valence-electron chi connectivity index (χ2n) is 5.92. The number of hydrogen-bond acceptors (Lipinski definition) is 3. The Morgan fingerprint density at radius 1 is 0.591 bits per heavy atom. The summed E-state index contributed by atoms with van der Waals surface area (Å²) in [7, 11) is 0. The maximum absolute atomic E-state index is 12.3. The summed E-state index contributed by atoms with van der Waals surface area (Å²) in [6.07, 6.45) is 6.82. The lowest BCUT2D eigenvalue weighted by Crippen LogP contribution is -2.18. The first kappa shape index (κ1) is 14.6. The number of ketones is 3. The summed E-state index contributed by atoms with van der Waals surface area (Å²) in [5.41, 5.74) is 3.16. The molecule has 3 aliphatic rings. The molecule has 0 saturated carbocycles. The number of carbonyl (C=O) groups excluding carboxylic acids is 3. The minimum Gasteiger partial charge on any atom is -0.290 e. The second kappa shape index (κ2) is 6.22. The summed E-state index contributed by atoms with van der Waals surface area (Å²) < 4.78 is 0. The molecule has 4 rings (SSSR count). The van der Waals surface area contributed by atoms with Gasteiger partial charge in [-0.1, -0.05) is 24.3 Å². The van der Waals surface area contributed by atoms with Crippen molar-refractivity contribution in [2.45, 2.75) is 38.5 Å². The van der Waals surface area contributed by atoms with Gasteiger partial charge in [-0.2, -0.15) is 0 Å². The highest BCUT2D eigenvalue weighted by Crippen LogP contribution is 2.21. The average molecular weight is 294 g/mol. The molecule has 0 heterocycles. The predicted octanol–water partition coefficient (Wildman–Crippen LogP) is 2.92. The Labute approximate surface area is 129 Å². The van der Waals surface area contributed by atoms with Crippen LogP contribution in [0.4, 0.5) is 0 Å². The number of Topliss-reactive ketones (excluding diaryl/α,β-unsaturated/α-hetero) is 2. The van der Waals surface area contributed by atoms with Gasteiger partial charge in [0.15, 0.2) is 5.78 Å². The fraction of sp³-hybridized carbons (Fsp3) is 0.316. The summed E-state index contributed by atoms with van der Waals surface area (Å²) in [4.78, 5) is 36.4. The van der Waals surface area contributed by atoms with Gasteiger partial charge in [-0.3, -0.25) is 14.4 Å². The Hall–Kier alpha value is -2.29. The van der Waals surface area contributed by atoms with E-state index in [0.29, 0.717) is 24.0 Å². The topological polar surface area (TPSA) is 51.2 Å². The van der Waals surface area contributed by atoms with Crippen LogP contribution in [0.5, 0.6) is 0 Å². The highest BCUT2D eigenvalue weighted by Gasteiger charge is 2.26. The van der Waals surface area contributed by atoms with E-state index in [1.54, 1.807) is 0 Å². The van der Waals surface area contributed by atoms with E-state index in [4.69, 9.17) is 0 Å². The zero-order valence-electron chi connectivity index (χ0n) is 12.4. The van der Waals surface area contributed by atoms with Crippen LogP contribution in [0.1, 0.15) is 36.8 Å². The molecule has 0 spiro atoms. The van der Waals surface area contributed by atoms with Crippen molar-refractivity contribution in [2.75, 3.05) is 0 Å². The van der Waals surface area contributed by atoms with Crippen molar-refractivity contribution in [3.05, 3.63) is 58.7 Å². The maximum Gasteiger partial charge on any atom is 0.229 e. The van der Waals surface area contributed by atoms with Crippen molar-refractivity contribution in [2.24, 2.45) is 0 Å². The Morgan fingerprint density at radius 2 is 1.00 bits per heavy atom. The van der Waals surface area contributed by atoms with Crippen LogP contribution in [0.15, 0.2) is 47.6 Å². The van der Waals surface area contributed by atoms with Gasteiger partial charge < -0.3 is 0 Å². The van der Waals surface area contributed by atoms with Crippen molar-refractivity contribution in [1.29, 1.82) is 0 Å². The molecule has 0 atom stereocenters. The van der Waals surface area contributed by atoms with Gasteiger partial charge in [0, 0.05) is 11.1 Å². The van der Waals surface area contributed by atoms with Crippen molar-refractivity contribution in [3.63, 3.8) is 0 Å². The van der Waals surface area contributed by atoms with Crippen LogP contribution in [-0.2, 0) is 27.2 Å². The largest absolute Gasteiger partial charge is 0.290 e. The molecule has 0 unspecified atom stereocenters. The fourth-order valence-electron chi connectivity index (χ4n) is 3.02. The smallest absolute Gasteiger partial charge is 0.229 e. The molecule has 3 nitrogen and oxygen atoms in total. The third-order valence-electron chi connectivity index (χ3n) is 4.27. The minimum absolute atomic E-state index is 0.237. The lowest BCUT2D eigenvalue weighted by atomic mass is 9.94. The normalized spacial score (nSPS) is 19.5. The first-order chi connectivity index (χ1) is 10.6. The van der Waals surface area contributed by atoms with Gasteiger partial charge >= 0.3 is 0 Å². The molecule has 0 radical (unpaired) electrons. The molecule has 4 bridgehead atoms. The Balaban J connectivity index is 1.93. The van der Waals surface area contributed by atoms with Gasteiger partial charge in [-0.05, 0) is 61.8 Å². The van der Waals surface area contributed by atoms with E-state index in [1.807, 2.05) is 0 Å². The van der Waals surface area contributed by atoms with Crippen molar-refractivity contribution in [1.82, 2.24) is 0 Å². The monoisotopic (exact) mass is 294 g/mol. The van der Waals surface area contributed by atoms with Crippen LogP contribution in [0, 0.1) is 0 Å². The SMILES string of the molecule is O=C1C=C2CCCc3ccc(cc3)CCCC(=C1)C(=O)C2=O. The molecular formula is C19H18O3. The number of fused-ring (bicyclic) bond motifs is 6. The predicted molar refractivity (Wildman–Crippen MR) is 83.5 cm³/mol. The van der Waals surface area contributed by atoms with E-state index in [2.05, 4.69) is 24.3 Å². The van der Waals surface area contributed by atoms with Gasteiger partial charge in [-0.15, -0.1) is 0 Å². The molecule has 0 fully saturated rings. The number of hydrogen-bond donors (Lipinski definition) is 0. The van der Waals surface area contributed by atoms with Gasteiger partial charge in [0.05, 0.1) is 0 Å². The maximum atomic E-state index is 12.3. The summed E-state index contributed by atoms with van der Waals surface area (Å²) >= 11 is 0. The van der Waals surface area contributed by atoms with E-state index in [1.165, 1.54) is 23.3 Å². The Bertz CT molecular complexity index is 631. The van der Waals surface area contributed by atoms with E-state index < -0.39 is 11.6 Å². The molecule has 0 aliphatic heterocycles. The standard InChI is InChI=1S/C19H18O3/c20-17-11-15-5-1-3-13-7-9-14(10-8-13)4-2-6-16(12-17)19(22)18(15)21/h7-12H,1-6H2. The zero-order valence-corrected chi connectivity index (χ0v) is 12.4. The van der Waals surface area contributed by atoms with E-state index in [9.17, 15) is 14.4 Å². The minimum atomic E-state index is -0.497. The van der Waals surface area contributed by atoms with Gasteiger partial charge in [0.25, 0.3) is 0 Å². The molecular weight excluding hydrogens is 276 g/mol. The molecule has 0 N–H and O–H groups in total. The van der Waals surface area contributed by atoms with Crippen LogP contribution >= 0.6 is 0 Å². The van der Waals surface area contributed by atoms with Gasteiger partial charge in [0.2, 0.25) is 11.6 Å². The first-order valence-corrected chi connectivity index (χ1v) is 7.75. The highest BCUT2D eigenvalue weighted by atomic mass is 16.2. The quantitative estimate of drug-likeness (QED) is 0.691. The molecule has 1 aromatic rings. The van der Waals surface area contributed by atoms with E-state index in [0.717, 1.165) is 25.7 Å². The molecule has 0 aromatic heterocycles. The fourth-order valence-corrected chi connectivity index (χ4v) is 3.02. The third-order valence-corrected chi connectivity index (χ3v) is 4.27. The van der Waals surface area contributed by atoms with Crippen LogP contribution in [0.25, 0.3) is 0 Å². The molecule has 112 valence electrons. The average Bonchev–Trinajstić information content (AvgIpc) is 2.61.